The number of ether oxygens (including phenoxy) is 2. The largest absolute Gasteiger partial charge is 0.493 e. The van der Waals surface area contributed by atoms with Gasteiger partial charge in [-0.1, -0.05) is 36.4 Å². The first-order valence-electron chi connectivity index (χ1n) is 11.1. The maximum atomic E-state index is 12.8. The smallest absolute Gasteiger partial charge is 0.350 e. The molecule has 3 heterocycles. The van der Waals surface area contributed by atoms with Gasteiger partial charge in [-0.25, -0.2) is 18.4 Å². The van der Waals surface area contributed by atoms with Gasteiger partial charge in [-0.2, -0.15) is 5.10 Å². The van der Waals surface area contributed by atoms with Crippen molar-refractivity contribution in [1.82, 2.24) is 29.1 Å². The SMILES string of the molecule is COc1ccc(CCNC(=O)Cn2nc3c4cc(-c5ccccc5)nn4ccn3c2=O)cc1OC. The van der Waals surface area contributed by atoms with Gasteiger partial charge < -0.3 is 14.8 Å². The highest BCUT2D eigenvalue weighted by Gasteiger charge is 2.15. The summed E-state index contributed by atoms with van der Waals surface area (Å²) >= 11 is 0. The van der Waals surface area contributed by atoms with Crippen LogP contribution in [-0.2, 0) is 17.8 Å². The minimum Gasteiger partial charge on any atom is -0.493 e. The van der Waals surface area contributed by atoms with Gasteiger partial charge in [0.25, 0.3) is 0 Å². The van der Waals surface area contributed by atoms with E-state index in [0.717, 1.165) is 21.5 Å². The second-order valence-corrected chi connectivity index (χ2v) is 7.95. The normalized spacial score (nSPS) is 11.1. The average molecular weight is 473 g/mol. The number of fused-ring (bicyclic) bond motifs is 3. The highest BCUT2D eigenvalue weighted by molar-refractivity contribution is 5.77. The minimum absolute atomic E-state index is 0.182. The number of rotatable bonds is 8. The monoisotopic (exact) mass is 472 g/mol. The van der Waals surface area contributed by atoms with Crippen molar-refractivity contribution in [3.05, 3.63) is 83.0 Å². The molecule has 0 unspecified atom stereocenters. The Labute approximate surface area is 200 Å². The standard InChI is InChI=1S/C25H24N6O4/c1-34-21-9-8-17(14-22(21)35-2)10-11-26-23(32)16-31-25(33)29-12-13-30-20(24(29)28-31)15-19(27-30)18-6-4-3-5-7-18/h3-9,12-15H,10-11,16H2,1-2H3,(H,26,32). The van der Waals surface area contributed by atoms with Crippen LogP contribution in [0.1, 0.15) is 5.56 Å². The molecular weight excluding hydrogens is 448 g/mol. The Kier molecular flexibility index (Phi) is 5.92. The first-order valence-corrected chi connectivity index (χ1v) is 11.1. The van der Waals surface area contributed by atoms with E-state index in [4.69, 9.17) is 9.47 Å². The average Bonchev–Trinajstić information content (AvgIpc) is 3.46. The molecule has 5 aromatic rings. The predicted octanol–water partition coefficient (Wildman–Crippen LogP) is 2.19. The fourth-order valence-electron chi connectivity index (χ4n) is 3.96. The summed E-state index contributed by atoms with van der Waals surface area (Å²) in [4.78, 5) is 25.4. The number of hydrogen-bond acceptors (Lipinski definition) is 6. The second-order valence-electron chi connectivity index (χ2n) is 7.95. The lowest BCUT2D eigenvalue weighted by atomic mass is 10.1. The molecular formula is C25H24N6O4. The van der Waals surface area contributed by atoms with Crippen LogP contribution in [-0.4, -0.2) is 50.5 Å². The molecule has 0 aliphatic heterocycles. The highest BCUT2D eigenvalue weighted by Crippen LogP contribution is 2.27. The lowest BCUT2D eigenvalue weighted by Gasteiger charge is -2.10. The van der Waals surface area contributed by atoms with E-state index < -0.39 is 0 Å². The number of carbonyl (C=O) groups excluding carboxylic acids is 1. The van der Waals surface area contributed by atoms with Crippen LogP contribution in [0.5, 0.6) is 11.5 Å². The zero-order chi connectivity index (χ0) is 24.4. The molecule has 0 aliphatic carbocycles. The van der Waals surface area contributed by atoms with Crippen LogP contribution in [0.2, 0.25) is 0 Å². The molecule has 35 heavy (non-hydrogen) atoms. The number of nitrogens with one attached hydrogen (secondary N) is 1. The molecule has 1 N–H and O–H groups in total. The molecule has 1 amide bonds. The lowest BCUT2D eigenvalue weighted by Crippen LogP contribution is -2.33. The summed E-state index contributed by atoms with van der Waals surface area (Å²) in [6.45, 7) is 0.224. The number of aromatic nitrogens is 5. The quantitative estimate of drug-likeness (QED) is 0.371. The summed E-state index contributed by atoms with van der Waals surface area (Å²) in [7, 11) is 3.16. The van der Waals surface area contributed by atoms with E-state index in [9.17, 15) is 9.59 Å². The molecule has 0 saturated carbocycles. The van der Waals surface area contributed by atoms with Gasteiger partial charge in [-0.15, -0.1) is 5.10 Å². The Morgan fingerprint density at radius 2 is 1.77 bits per heavy atom. The maximum absolute atomic E-state index is 12.8. The predicted molar refractivity (Wildman–Crippen MR) is 130 cm³/mol. The van der Waals surface area contributed by atoms with Crippen molar-refractivity contribution >= 4 is 17.1 Å². The van der Waals surface area contributed by atoms with Crippen LogP contribution in [0.4, 0.5) is 0 Å². The number of amides is 1. The molecule has 3 aromatic heterocycles. The summed E-state index contributed by atoms with van der Waals surface area (Å²) in [6.07, 6.45) is 3.90. The Hall–Kier alpha value is -4.60. The van der Waals surface area contributed by atoms with E-state index in [-0.39, 0.29) is 18.1 Å². The zero-order valence-electron chi connectivity index (χ0n) is 19.3. The van der Waals surface area contributed by atoms with E-state index in [1.807, 2.05) is 54.6 Å². The molecule has 0 fully saturated rings. The Morgan fingerprint density at radius 3 is 2.54 bits per heavy atom. The van der Waals surface area contributed by atoms with Crippen LogP contribution in [0.3, 0.4) is 0 Å². The highest BCUT2D eigenvalue weighted by atomic mass is 16.5. The second kappa shape index (κ2) is 9.34. The molecule has 0 atom stereocenters. The van der Waals surface area contributed by atoms with Crippen LogP contribution >= 0.6 is 0 Å². The van der Waals surface area contributed by atoms with Gasteiger partial charge in [-0.3, -0.25) is 4.79 Å². The molecule has 0 spiro atoms. The topological polar surface area (TPSA) is 104 Å². The van der Waals surface area contributed by atoms with Crippen LogP contribution in [0.25, 0.3) is 22.4 Å². The summed E-state index contributed by atoms with van der Waals surface area (Å²) in [6, 6.07) is 17.3. The molecule has 0 bridgehead atoms. The van der Waals surface area contributed by atoms with Crippen molar-refractivity contribution in [2.24, 2.45) is 0 Å². The van der Waals surface area contributed by atoms with E-state index >= 15 is 0 Å². The Morgan fingerprint density at radius 1 is 0.971 bits per heavy atom. The van der Waals surface area contributed by atoms with Crippen LogP contribution in [0, 0.1) is 0 Å². The van der Waals surface area contributed by atoms with Gasteiger partial charge in [-0.05, 0) is 30.2 Å². The molecule has 2 aromatic carbocycles. The van der Waals surface area contributed by atoms with Gasteiger partial charge >= 0.3 is 5.69 Å². The summed E-state index contributed by atoms with van der Waals surface area (Å²) in [5.41, 5.74) is 3.45. The third kappa shape index (κ3) is 4.33. The third-order valence-corrected chi connectivity index (χ3v) is 5.74. The summed E-state index contributed by atoms with van der Waals surface area (Å²) in [5, 5.41) is 11.8. The number of hydrogen-bond donors (Lipinski definition) is 1. The van der Waals surface area contributed by atoms with E-state index in [0.29, 0.717) is 35.6 Å². The van der Waals surface area contributed by atoms with Crippen molar-refractivity contribution in [1.29, 1.82) is 0 Å². The van der Waals surface area contributed by atoms with Gasteiger partial charge in [0.2, 0.25) is 5.91 Å². The van der Waals surface area contributed by atoms with Crippen molar-refractivity contribution in [2.75, 3.05) is 20.8 Å². The van der Waals surface area contributed by atoms with E-state index in [1.54, 1.807) is 31.1 Å². The van der Waals surface area contributed by atoms with Crippen molar-refractivity contribution in [2.45, 2.75) is 13.0 Å². The lowest BCUT2D eigenvalue weighted by molar-refractivity contribution is -0.121. The summed E-state index contributed by atoms with van der Waals surface area (Å²) in [5.74, 6) is 0.981. The Bertz CT molecular complexity index is 1570. The van der Waals surface area contributed by atoms with Crippen LogP contribution < -0.4 is 20.5 Å². The van der Waals surface area contributed by atoms with Crippen molar-refractivity contribution in [3.8, 4) is 22.8 Å². The first kappa shape index (κ1) is 22.2. The van der Waals surface area contributed by atoms with Gasteiger partial charge in [0.05, 0.1) is 19.9 Å². The van der Waals surface area contributed by atoms with Crippen molar-refractivity contribution in [3.63, 3.8) is 0 Å². The maximum Gasteiger partial charge on any atom is 0.350 e. The molecule has 0 saturated heterocycles. The van der Waals surface area contributed by atoms with Gasteiger partial charge in [0.15, 0.2) is 17.1 Å². The fraction of sp³-hybridized carbons (Fsp3) is 0.200. The van der Waals surface area contributed by atoms with Gasteiger partial charge in [0, 0.05) is 24.5 Å². The third-order valence-electron chi connectivity index (χ3n) is 5.74. The van der Waals surface area contributed by atoms with Crippen LogP contribution in [0.15, 0.2) is 71.8 Å². The number of carbonyl (C=O) groups is 1. The number of methoxy groups -OCH3 is 2. The molecule has 178 valence electrons. The Balaban J connectivity index is 1.30. The minimum atomic E-state index is -0.389. The van der Waals surface area contributed by atoms with Gasteiger partial charge in [0.1, 0.15) is 12.1 Å². The zero-order valence-corrected chi connectivity index (χ0v) is 19.3. The fourth-order valence-corrected chi connectivity index (χ4v) is 3.96. The molecule has 10 heteroatoms. The van der Waals surface area contributed by atoms with E-state index in [1.165, 1.54) is 4.40 Å². The summed E-state index contributed by atoms with van der Waals surface area (Å²) < 4.78 is 14.8. The van der Waals surface area contributed by atoms with E-state index in [2.05, 4.69) is 15.5 Å². The first-order chi connectivity index (χ1) is 17.1. The number of nitrogens with zero attached hydrogens (tertiary/aromatic N) is 5. The molecule has 10 nitrogen and oxygen atoms in total. The van der Waals surface area contributed by atoms with Crippen molar-refractivity contribution < 1.29 is 14.3 Å². The molecule has 0 aliphatic rings. The number of benzene rings is 2. The molecule has 5 rings (SSSR count). The molecule has 0 radical (unpaired) electrons.